The number of nitrogens with zero attached hydrogens (tertiary/aromatic N) is 2. The molecule has 82 valence electrons. The molecule has 0 aliphatic heterocycles. The molecule has 3 rings (SSSR count). The molecule has 17 heavy (non-hydrogen) atoms. The maximum atomic E-state index is 8.66. The van der Waals surface area contributed by atoms with Gasteiger partial charge in [0.2, 0.25) is 5.89 Å². The van der Waals surface area contributed by atoms with Gasteiger partial charge in [0, 0.05) is 0 Å². The van der Waals surface area contributed by atoms with Crippen molar-refractivity contribution in [1.29, 1.82) is 5.26 Å². The molecule has 3 nitrogen and oxygen atoms in total. The molecule has 0 radical (unpaired) electrons. The van der Waals surface area contributed by atoms with Gasteiger partial charge in [-0.15, -0.1) is 11.3 Å². The number of rotatable bonds is 2. The fourth-order valence-corrected chi connectivity index (χ4v) is 2.33. The van der Waals surface area contributed by atoms with Crippen LogP contribution in [0, 0.1) is 11.3 Å². The summed E-state index contributed by atoms with van der Waals surface area (Å²) in [6.07, 6.45) is 0.400. The molecule has 0 atom stereocenters. The van der Waals surface area contributed by atoms with Gasteiger partial charge in [-0.05, 0) is 29.1 Å². The highest BCUT2D eigenvalue weighted by Crippen LogP contribution is 2.28. The van der Waals surface area contributed by atoms with E-state index in [0.29, 0.717) is 12.3 Å². The van der Waals surface area contributed by atoms with Gasteiger partial charge in [-0.3, -0.25) is 0 Å². The summed E-state index contributed by atoms with van der Waals surface area (Å²) in [5.41, 5.74) is 2.53. The minimum atomic E-state index is 0.400. The summed E-state index contributed by atoms with van der Waals surface area (Å²) < 4.78 is 5.66. The van der Waals surface area contributed by atoms with Crippen molar-refractivity contribution in [2.45, 2.75) is 6.42 Å². The Labute approximate surface area is 102 Å². The zero-order valence-corrected chi connectivity index (χ0v) is 9.70. The molecule has 2 heterocycles. The van der Waals surface area contributed by atoms with Gasteiger partial charge < -0.3 is 4.42 Å². The quantitative estimate of drug-likeness (QED) is 0.687. The Morgan fingerprint density at radius 1 is 1.35 bits per heavy atom. The van der Waals surface area contributed by atoms with Crippen LogP contribution in [0.5, 0.6) is 0 Å². The van der Waals surface area contributed by atoms with Crippen LogP contribution in [0.2, 0.25) is 0 Å². The van der Waals surface area contributed by atoms with E-state index in [1.54, 1.807) is 11.3 Å². The van der Waals surface area contributed by atoms with Crippen LogP contribution in [0.25, 0.3) is 21.9 Å². The van der Waals surface area contributed by atoms with Crippen molar-refractivity contribution < 1.29 is 4.42 Å². The van der Waals surface area contributed by atoms with Crippen LogP contribution < -0.4 is 0 Å². The number of benzene rings is 1. The molecule has 1 aromatic carbocycles. The highest BCUT2D eigenvalue weighted by molar-refractivity contribution is 7.13. The number of aromatic nitrogens is 1. The molecule has 0 aliphatic carbocycles. The highest BCUT2D eigenvalue weighted by atomic mass is 32.1. The lowest BCUT2D eigenvalue weighted by Crippen LogP contribution is -1.80. The maximum absolute atomic E-state index is 8.66. The Morgan fingerprint density at radius 2 is 2.29 bits per heavy atom. The molecule has 0 spiro atoms. The third kappa shape index (κ3) is 1.81. The Bertz CT molecular complexity index is 692. The van der Waals surface area contributed by atoms with Crippen molar-refractivity contribution in [3.63, 3.8) is 0 Å². The Balaban J connectivity index is 2.10. The second-order valence-corrected chi connectivity index (χ2v) is 4.58. The van der Waals surface area contributed by atoms with Gasteiger partial charge in [-0.25, -0.2) is 4.98 Å². The van der Waals surface area contributed by atoms with Crippen LogP contribution in [-0.4, -0.2) is 4.98 Å². The lowest BCUT2D eigenvalue weighted by Gasteiger charge is -1.91. The van der Waals surface area contributed by atoms with E-state index in [1.165, 1.54) is 0 Å². The van der Waals surface area contributed by atoms with Crippen molar-refractivity contribution >= 4 is 22.4 Å². The van der Waals surface area contributed by atoms with Crippen molar-refractivity contribution in [3.05, 3.63) is 41.3 Å². The van der Waals surface area contributed by atoms with Crippen LogP contribution in [-0.2, 0) is 6.42 Å². The number of hydrogen-bond donors (Lipinski definition) is 0. The Kier molecular flexibility index (Phi) is 2.39. The van der Waals surface area contributed by atoms with Gasteiger partial charge in [0.1, 0.15) is 5.52 Å². The SMILES string of the molecule is N#CCc1ccc2oc(-c3cccs3)nc2c1. The molecule has 3 aromatic rings. The van der Waals surface area contributed by atoms with Crippen molar-refractivity contribution in [2.24, 2.45) is 0 Å². The third-order valence-electron chi connectivity index (χ3n) is 2.47. The molecule has 0 unspecified atom stereocenters. The third-order valence-corrected chi connectivity index (χ3v) is 3.32. The number of nitriles is 1. The standard InChI is InChI=1S/C13H8N2OS/c14-6-5-9-3-4-11-10(8-9)15-13(16-11)12-2-1-7-17-12/h1-4,7-8H,5H2. The van der Waals surface area contributed by atoms with Gasteiger partial charge in [0.25, 0.3) is 0 Å². The van der Waals surface area contributed by atoms with E-state index in [-0.39, 0.29) is 0 Å². The molecule has 0 N–H and O–H groups in total. The van der Waals surface area contributed by atoms with Crippen molar-refractivity contribution in [2.75, 3.05) is 0 Å². The average molecular weight is 240 g/mol. The Hall–Kier alpha value is -2.12. The van der Waals surface area contributed by atoms with Gasteiger partial charge >= 0.3 is 0 Å². The molecule has 0 amide bonds. The summed E-state index contributed by atoms with van der Waals surface area (Å²) in [4.78, 5) is 5.45. The largest absolute Gasteiger partial charge is 0.435 e. The molecule has 4 heteroatoms. The van der Waals surface area contributed by atoms with Gasteiger partial charge in [0.15, 0.2) is 5.58 Å². The van der Waals surface area contributed by atoms with Gasteiger partial charge in [0.05, 0.1) is 17.4 Å². The zero-order valence-electron chi connectivity index (χ0n) is 8.88. The first kappa shape index (κ1) is 10.1. The van der Waals surface area contributed by atoms with E-state index < -0.39 is 0 Å². The van der Waals surface area contributed by atoms with E-state index in [4.69, 9.17) is 9.68 Å². The smallest absolute Gasteiger partial charge is 0.237 e. The van der Waals surface area contributed by atoms with Gasteiger partial charge in [-0.2, -0.15) is 5.26 Å². The normalized spacial score (nSPS) is 10.5. The molecular formula is C13H8N2OS. The number of thiophene rings is 1. The van der Waals surface area contributed by atoms with Crippen LogP contribution in [0.4, 0.5) is 0 Å². The molecule has 0 saturated carbocycles. The molecular weight excluding hydrogens is 232 g/mol. The summed E-state index contributed by atoms with van der Waals surface area (Å²) in [6.45, 7) is 0. The predicted molar refractivity (Wildman–Crippen MR) is 66.6 cm³/mol. The Morgan fingerprint density at radius 3 is 3.06 bits per heavy atom. The molecule has 0 fully saturated rings. The summed E-state index contributed by atoms with van der Waals surface area (Å²) in [6, 6.07) is 11.7. The summed E-state index contributed by atoms with van der Waals surface area (Å²) in [5.74, 6) is 0.643. The van der Waals surface area contributed by atoms with Gasteiger partial charge in [-0.1, -0.05) is 12.1 Å². The van der Waals surface area contributed by atoms with Crippen LogP contribution in [0.15, 0.2) is 40.1 Å². The monoisotopic (exact) mass is 240 g/mol. The first-order chi connectivity index (χ1) is 8.36. The zero-order chi connectivity index (χ0) is 11.7. The second-order valence-electron chi connectivity index (χ2n) is 3.63. The number of oxazole rings is 1. The van der Waals surface area contributed by atoms with E-state index in [2.05, 4.69) is 11.1 Å². The lowest BCUT2D eigenvalue weighted by atomic mass is 10.1. The van der Waals surface area contributed by atoms with Crippen LogP contribution >= 0.6 is 11.3 Å². The minimum absolute atomic E-state index is 0.400. The maximum Gasteiger partial charge on any atom is 0.237 e. The van der Waals surface area contributed by atoms with Crippen LogP contribution in [0.3, 0.4) is 0 Å². The topological polar surface area (TPSA) is 49.8 Å². The molecule has 0 aliphatic rings. The number of hydrogen-bond acceptors (Lipinski definition) is 4. The first-order valence-electron chi connectivity index (χ1n) is 5.17. The summed E-state index contributed by atoms with van der Waals surface area (Å²) >= 11 is 1.60. The van der Waals surface area contributed by atoms with Crippen molar-refractivity contribution in [3.8, 4) is 16.8 Å². The van der Waals surface area contributed by atoms with E-state index in [1.807, 2.05) is 35.7 Å². The predicted octanol–water partition coefficient (Wildman–Crippen LogP) is 3.62. The van der Waals surface area contributed by atoms with E-state index in [9.17, 15) is 0 Å². The number of fused-ring (bicyclic) bond motifs is 1. The fraction of sp³-hybridized carbons (Fsp3) is 0.0769. The molecule has 0 bridgehead atoms. The fourth-order valence-electron chi connectivity index (χ4n) is 1.68. The highest BCUT2D eigenvalue weighted by Gasteiger charge is 2.09. The second kappa shape index (κ2) is 4.04. The molecule has 0 saturated heterocycles. The molecule has 2 aromatic heterocycles. The van der Waals surface area contributed by atoms with E-state index >= 15 is 0 Å². The van der Waals surface area contributed by atoms with Crippen molar-refractivity contribution in [1.82, 2.24) is 4.98 Å². The first-order valence-corrected chi connectivity index (χ1v) is 6.05. The lowest BCUT2D eigenvalue weighted by molar-refractivity contribution is 0.621. The van der Waals surface area contributed by atoms with E-state index in [0.717, 1.165) is 21.5 Å². The van der Waals surface area contributed by atoms with Crippen LogP contribution in [0.1, 0.15) is 5.56 Å². The summed E-state index contributed by atoms with van der Waals surface area (Å²) in [7, 11) is 0. The summed E-state index contributed by atoms with van der Waals surface area (Å²) in [5, 5.41) is 10.6. The minimum Gasteiger partial charge on any atom is -0.435 e. The average Bonchev–Trinajstić information content (AvgIpc) is 2.97.